The van der Waals surface area contributed by atoms with E-state index in [9.17, 15) is 0 Å². The summed E-state index contributed by atoms with van der Waals surface area (Å²) in [5, 5.41) is 4.24. The van der Waals surface area contributed by atoms with Crippen LogP contribution in [0.25, 0.3) is 0 Å². The molecule has 1 aliphatic rings. The smallest absolute Gasteiger partial charge is 0.133 e. The van der Waals surface area contributed by atoms with Crippen LogP contribution in [0.3, 0.4) is 0 Å². The number of rotatable bonds is 5. The lowest BCUT2D eigenvalue weighted by atomic mass is 10.0. The first-order valence-corrected chi connectivity index (χ1v) is 7.19. The van der Waals surface area contributed by atoms with Gasteiger partial charge in [0.1, 0.15) is 6.10 Å². The fraction of sp³-hybridized carbons (Fsp3) is 0.278. The van der Waals surface area contributed by atoms with Crippen LogP contribution in [0.4, 0.5) is 0 Å². The van der Waals surface area contributed by atoms with Crippen LogP contribution < -0.4 is 0 Å². The minimum Gasteiger partial charge on any atom is -0.392 e. The van der Waals surface area contributed by atoms with Crippen molar-refractivity contribution >= 4 is 5.71 Å². The lowest BCUT2D eigenvalue weighted by Crippen LogP contribution is -2.10. The van der Waals surface area contributed by atoms with Crippen LogP contribution in [0.5, 0.6) is 0 Å². The summed E-state index contributed by atoms with van der Waals surface area (Å²) in [5.41, 5.74) is 3.83. The van der Waals surface area contributed by atoms with Gasteiger partial charge in [0, 0.05) is 12.8 Å². The number of hydrogen-bond donors (Lipinski definition) is 0. The third-order valence-electron chi connectivity index (χ3n) is 3.64. The Kier molecular flexibility index (Phi) is 4.12. The number of nitrogens with zero attached hydrogens (tertiary/aromatic N) is 1. The van der Waals surface area contributed by atoms with Gasteiger partial charge >= 0.3 is 0 Å². The van der Waals surface area contributed by atoms with Crippen molar-refractivity contribution in [1.82, 2.24) is 0 Å². The average molecular weight is 265 g/mol. The molecule has 0 saturated heterocycles. The van der Waals surface area contributed by atoms with Gasteiger partial charge in [-0.15, -0.1) is 0 Å². The fourth-order valence-electron chi connectivity index (χ4n) is 2.55. The van der Waals surface area contributed by atoms with Gasteiger partial charge in [-0.3, -0.25) is 0 Å². The van der Waals surface area contributed by atoms with Gasteiger partial charge in [-0.25, -0.2) is 0 Å². The van der Waals surface area contributed by atoms with Crippen LogP contribution in [0.1, 0.15) is 24.0 Å². The van der Waals surface area contributed by atoms with Crippen LogP contribution in [0.15, 0.2) is 65.8 Å². The maximum atomic E-state index is 5.55. The molecule has 2 nitrogen and oxygen atoms in total. The van der Waals surface area contributed by atoms with E-state index >= 15 is 0 Å². The third kappa shape index (κ3) is 3.47. The van der Waals surface area contributed by atoms with Crippen molar-refractivity contribution in [2.24, 2.45) is 5.16 Å². The molecule has 0 bridgehead atoms. The topological polar surface area (TPSA) is 21.6 Å². The highest BCUT2D eigenvalue weighted by atomic mass is 16.6. The minimum absolute atomic E-state index is 0.244. The third-order valence-corrected chi connectivity index (χ3v) is 3.64. The van der Waals surface area contributed by atoms with Gasteiger partial charge in [0.25, 0.3) is 0 Å². The summed E-state index contributed by atoms with van der Waals surface area (Å²) >= 11 is 0. The molecule has 0 unspecified atom stereocenters. The Bertz CT molecular complexity index is 562. The summed E-state index contributed by atoms with van der Waals surface area (Å²) in [7, 11) is 0. The number of oxime groups is 1. The highest BCUT2D eigenvalue weighted by molar-refractivity contribution is 5.87. The molecule has 102 valence electrons. The summed E-state index contributed by atoms with van der Waals surface area (Å²) < 4.78 is 0. The van der Waals surface area contributed by atoms with Gasteiger partial charge in [0.15, 0.2) is 0 Å². The van der Waals surface area contributed by atoms with Gasteiger partial charge in [0.2, 0.25) is 0 Å². The van der Waals surface area contributed by atoms with Crippen LogP contribution in [-0.4, -0.2) is 11.8 Å². The molecule has 20 heavy (non-hydrogen) atoms. The highest BCUT2D eigenvalue weighted by Gasteiger charge is 2.20. The van der Waals surface area contributed by atoms with Gasteiger partial charge < -0.3 is 4.84 Å². The average Bonchev–Trinajstić information content (AvgIpc) is 2.95. The largest absolute Gasteiger partial charge is 0.392 e. The molecule has 0 radical (unpaired) electrons. The predicted molar refractivity (Wildman–Crippen MR) is 81.8 cm³/mol. The van der Waals surface area contributed by atoms with E-state index in [1.165, 1.54) is 11.1 Å². The van der Waals surface area contributed by atoms with Crippen molar-refractivity contribution in [2.45, 2.75) is 31.8 Å². The minimum atomic E-state index is 0.244. The molecule has 2 aromatic rings. The second kappa shape index (κ2) is 6.38. The molecule has 0 aromatic heterocycles. The first kappa shape index (κ1) is 12.9. The van der Waals surface area contributed by atoms with E-state index in [0.717, 1.165) is 31.4 Å². The molecule has 0 amide bonds. The summed E-state index contributed by atoms with van der Waals surface area (Å²) in [6, 6.07) is 21.0. The lowest BCUT2D eigenvalue weighted by Gasteiger charge is -2.07. The van der Waals surface area contributed by atoms with E-state index in [4.69, 9.17) is 4.84 Å². The van der Waals surface area contributed by atoms with Crippen molar-refractivity contribution in [3.05, 3.63) is 71.8 Å². The fourth-order valence-corrected chi connectivity index (χ4v) is 2.55. The molecule has 2 aromatic carbocycles. The summed E-state index contributed by atoms with van der Waals surface area (Å²) in [5.74, 6) is 0. The monoisotopic (exact) mass is 265 g/mol. The van der Waals surface area contributed by atoms with E-state index in [2.05, 4.69) is 59.8 Å². The molecule has 3 rings (SSSR count). The Morgan fingerprint density at radius 2 is 1.55 bits per heavy atom. The van der Waals surface area contributed by atoms with Crippen LogP contribution in [0.2, 0.25) is 0 Å². The van der Waals surface area contributed by atoms with Crippen LogP contribution in [-0.2, 0) is 17.7 Å². The Morgan fingerprint density at radius 1 is 0.900 bits per heavy atom. The molecule has 2 heteroatoms. The molecule has 0 fully saturated rings. The number of hydrogen-bond acceptors (Lipinski definition) is 2. The number of aryl methyl sites for hydroxylation is 1. The SMILES string of the molecule is c1ccc(CC[C@H]2CC(Cc3ccccc3)=NO2)cc1. The zero-order valence-corrected chi connectivity index (χ0v) is 11.5. The van der Waals surface area contributed by atoms with Crippen molar-refractivity contribution in [2.75, 3.05) is 0 Å². The molecule has 0 aliphatic carbocycles. The number of benzene rings is 2. The normalized spacial score (nSPS) is 17.6. The summed E-state index contributed by atoms with van der Waals surface area (Å²) in [6.45, 7) is 0. The Hall–Kier alpha value is -2.09. The van der Waals surface area contributed by atoms with Crippen molar-refractivity contribution < 1.29 is 4.84 Å². The van der Waals surface area contributed by atoms with E-state index in [1.54, 1.807) is 0 Å². The molecular weight excluding hydrogens is 246 g/mol. The van der Waals surface area contributed by atoms with Crippen LogP contribution in [0, 0.1) is 0 Å². The molecule has 0 saturated carbocycles. The zero-order chi connectivity index (χ0) is 13.6. The van der Waals surface area contributed by atoms with Crippen molar-refractivity contribution in [1.29, 1.82) is 0 Å². The van der Waals surface area contributed by atoms with Crippen molar-refractivity contribution in [3.63, 3.8) is 0 Å². The molecule has 0 spiro atoms. The quantitative estimate of drug-likeness (QED) is 0.800. The summed E-state index contributed by atoms with van der Waals surface area (Å²) in [4.78, 5) is 5.55. The van der Waals surface area contributed by atoms with E-state index in [-0.39, 0.29) is 6.10 Å². The zero-order valence-electron chi connectivity index (χ0n) is 11.5. The Balaban J connectivity index is 1.47. The van der Waals surface area contributed by atoms with E-state index in [0.29, 0.717) is 0 Å². The molecule has 1 atom stereocenters. The molecule has 1 heterocycles. The van der Waals surface area contributed by atoms with Gasteiger partial charge in [-0.1, -0.05) is 65.8 Å². The molecule has 1 aliphatic heterocycles. The van der Waals surface area contributed by atoms with Gasteiger partial charge in [-0.05, 0) is 24.0 Å². The maximum absolute atomic E-state index is 5.55. The lowest BCUT2D eigenvalue weighted by molar-refractivity contribution is 0.0794. The second-order valence-corrected chi connectivity index (χ2v) is 5.28. The van der Waals surface area contributed by atoms with Crippen LogP contribution >= 0.6 is 0 Å². The Labute approximate surface area is 120 Å². The second-order valence-electron chi connectivity index (χ2n) is 5.28. The Morgan fingerprint density at radius 3 is 2.25 bits per heavy atom. The summed E-state index contributed by atoms with van der Waals surface area (Å²) in [6.07, 6.45) is 4.20. The first-order valence-electron chi connectivity index (χ1n) is 7.19. The van der Waals surface area contributed by atoms with Crippen molar-refractivity contribution in [3.8, 4) is 0 Å². The highest BCUT2D eigenvalue weighted by Crippen LogP contribution is 2.18. The van der Waals surface area contributed by atoms with Gasteiger partial charge in [-0.2, -0.15) is 0 Å². The van der Waals surface area contributed by atoms with E-state index in [1.807, 2.05) is 6.07 Å². The molecule has 0 N–H and O–H groups in total. The predicted octanol–water partition coefficient (Wildman–Crippen LogP) is 4.01. The maximum Gasteiger partial charge on any atom is 0.133 e. The van der Waals surface area contributed by atoms with Gasteiger partial charge in [0.05, 0.1) is 5.71 Å². The standard InChI is InChI=1S/C18H19NO/c1-3-7-15(8-4-1)11-12-18-14-17(19-20-18)13-16-9-5-2-6-10-16/h1-10,18H,11-14H2/t18-/m0/s1. The first-order chi connectivity index (χ1) is 9.90. The van der Waals surface area contributed by atoms with E-state index < -0.39 is 0 Å². The molecular formula is C18H19NO.